The second kappa shape index (κ2) is 4.33. The van der Waals surface area contributed by atoms with Gasteiger partial charge in [-0.1, -0.05) is 0 Å². The summed E-state index contributed by atoms with van der Waals surface area (Å²) in [6.07, 6.45) is 0. The van der Waals surface area contributed by atoms with Crippen molar-refractivity contribution < 1.29 is 4.42 Å². The molecule has 0 amide bonds. The number of rotatable bonds is 2. The molecule has 0 aliphatic rings. The third-order valence-electron chi connectivity index (χ3n) is 2.81. The van der Waals surface area contributed by atoms with Gasteiger partial charge in [-0.3, -0.25) is 4.98 Å². The summed E-state index contributed by atoms with van der Waals surface area (Å²) >= 11 is 0. The Morgan fingerprint density at radius 3 is 2.95 bits per heavy atom. The van der Waals surface area contributed by atoms with Crippen LogP contribution in [0.1, 0.15) is 11.5 Å². The molecule has 2 heterocycles. The van der Waals surface area contributed by atoms with Crippen molar-refractivity contribution in [3.63, 3.8) is 0 Å². The molecule has 0 bridgehead atoms. The fraction of sp³-hybridized carbons (Fsp3) is 0.154. The first-order valence-corrected chi connectivity index (χ1v) is 5.83. The van der Waals surface area contributed by atoms with Gasteiger partial charge in [0.2, 0.25) is 0 Å². The molecule has 96 valence electrons. The lowest BCUT2D eigenvalue weighted by Crippen LogP contribution is -2.03. The Bertz CT molecular complexity index is 804. The van der Waals surface area contributed by atoms with E-state index in [0.717, 1.165) is 17.0 Å². The zero-order valence-electron chi connectivity index (χ0n) is 10.3. The molecule has 0 aliphatic carbocycles. The van der Waals surface area contributed by atoms with E-state index in [0.29, 0.717) is 23.5 Å². The quantitative estimate of drug-likeness (QED) is 0.721. The number of oxazole rings is 1. The predicted molar refractivity (Wildman–Crippen MR) is 70.5 cm³/mol. The van der Waals surface area contributed by atoms with Gasteiger partial charge in [-0.2, -0.15) is 0 Å². The third kappa shape index (κ3) is 2.13. The number of hydrogen-bond donors (Lipinski definition) is 2. The summed E-state index contributed by atoms with van der Waals surface area (Å²) in [5.41, 5.74) is 9.21. The normalized spacial score (nSPS) is 11.1. The predicted octanol–water partition coefficient (Wildman–Crippen LogP) is 1.35. The minimum absolute atomic E-state index is 0.362. The van der Waals surface area contributed by atoms with Crippen LogP contribution in [0, 0.1) is 6.92 Å². The van der Waals surface area contributed by atoms with Gasteiger partial charge in [0.25, 0.3) is 0 Å². The van der Waals surface area contributed by atoms with Crippen molar-refractivity contribution in [2.24, 2.45) is 5.73 Å². The minimum atomic E-state index is -0.464. The summed E-state index contributed by atoms with van der Waals surface area (Å²) in [7, 11) is 0. The molecule has 3 rings (SSSR count). The summed E-state index contributed by atoms with van der Waals surface area (Å²) in [6, 6.07) is 7.25. The number of aromatic amines is 1. The molecule has 2 aromatic heterocycles. The first-order chi connectivity index (χ1) is 9.15. The number of nitrogens with two attached hydrogens (primary N) is 1. The maximum Gasteiger partial charge on any atom is 0.417 e. The van der Waals surface area contributed by atoms with E-state index in [4.69, 9.17) is 10.2 Å². The molecule has 0 saturated heterocycles. The highest BCUT2D eigenvalue weighted by Crippen LogP contribution is 2.22. The second-order valence-corrected chi connectivity index (χ2v) is 4.22. The average Bonchev–Trinajstić information content (AvgIpc) is 2.76. The lowest BCUT2D eigenvalue weighted by atomic mass is 10.1. The molecule has 0 radical (unpaired) electrons. The van der Waals surface area contributed by atoms with Crippen LogP contribution in [-0.4, -0.2) is 15.0 Å². The van der Waals surface area contributed by atoms with E-state index < -0.39 is 5.76 Å². The Balaban J connectivity index is 2.17. The number of benzene rings is 1. The van der Waals surface area contributed by atoms with E-state index >= 15 is 0 Å². The van der Waals surface area contributed by atoms with Crippen LogP contribution in [0.4, 0.5) is 0 Å². The van der Waals surface area contributed by atoms with E-state index in [9.17, 15) is 4.79 Å². The van der Waals surface area contributed by atoms with Crippen LogP contribution in [0.25, 0.3) is 22.4 Å². The van der Waals surface area contributed by atoms with Crippen molar-refractivity contribution in [2.75, 3.05) is 0 Å². The third-order valence-corrected chi connectivity index (χ3v) is 2.81. The molecule has 0 atom stereocenters. The Kier molecular flexibility index (Phi) is 2.64. The maximum absolute atomic E-state index is 11.1. The van der Waals surface area contributed by atoms with Crippen LogP contribution in [-0.2, 0) is 6.54 Å². The number of H-pyrrole nitrogens is 1. The summed E-state index contributed by atoms with van der Waals surface area (Å²) < 4.78 is 4.96. The van der Waals surface area contributed by atoms with Crippen molar-refractivity contribution >= 4 is 11.1 Å². The van der Waals surface area contributed by atoms with Gasteiger partial charge < -0.3 is 10.2 Å². The molecule has 3 N–H and O–H groups in total. The minimum Gasteiger partial charge on any atom is -0.408 e. The Morgan fingerprint density at radius 1 is 1.32 bits per heavy atom. The summed E-state index contributed by atoms with van der Waals surface area (Å²) in [5.74, 6) is 0.201. The first kappa shape index (κ1) is 11.6. The Morgan fingerprint density at radius 2 is 2.16 bits per heavy atom. The molecule has 0 aliphatic heterocycles. The highest BCUT2D eigenvalue weighted by molar-refractivity contribution is 5.79. The molecule has 6 nitrogen and oxygen atoms in total. The van der Waals surface area contributed by atoms with Gasteiger partial charge in [-0.15, -0.1) is 0 Å². The standard InChI is InChI=1S/C13H12N4O2/c1-7-15-9(6-14)5-10(16-7)8-2-3-12-11(4-8)17-13(18)19-12/h2-5H,6,14H2,1H3,(H,17,18). The molecule has 0 unspecified atom stereocenters. The van der Waals surface area contributed by atoms with Crippen LogP contribution in [0.5, 0.6) is 0 Å². The highest BCUT2D eigenvalue weighted by atomic mass is 16.4. The molecule has 0 spiro atoms. The number of nitrogens with zero attached hydrogens (tertiary/aromatic N) is 2. The monoisotopic (exact) mass is 256 g/mol. The largest absolute Gasteiger partial charge is 0.417 e. The van der Waals surface area contributed by atoms with E-state index in [1.165, 1.54) is 0 Å². The second-order valence-electron chi connectivity index (χ2n) is 4.22. The van der Waals surface area contributed by atoms with Crippen molar-refractivity contribution in [3.05, 3.63) is 46.3 Å². The smallest absolute Gasteiger partial charge is 0.408 e. The zero-order chi connectivity index (χ0) is 13.4. The number of aromatic nitrogens is 3. The Labute approximate surface area is 108 Å². The lowest BCUT2D eigenvalue weighted by molar-refractivity contribution is 0.555. The molecular formula is C13H12N4O2. The number of aryl methyl sites for hydroxylation is 1. The van der Waals surface area contributed by atoms with Crippen molar-refractivity contribution in [2.45, 2.75) is 13.5 Å². The van der Waals surface area contributed by atoms with E-state index in [-0.39, 0.29) is 0 Å². The van der Waals surface area contributed by atoms with Crippen molar-refractivity contribution in [1.29, 1.82) is 0 Å². The average molecular weight is 256 g/mol. The summed E-state index contributed by atoms with van der Waals surface area (Å²) in [5, 5.41) is 0. The van der Waals surface area contributed by atoms with Crippen LogP contribution in [0.15, 0.2) is 33.5 Å². The van der Waals surface area contributed by atoms with Gasteiger partial charge in [-0.05, 0) is 31.2 Å². The molecule has 0 saturated carbocycles. The molecule has 6 heteroatoms. The fourth-order valence-electron chi connectivity index (χ4n) is 1.99. The zero-order valence-corrected chi connectivity index (χ0v) is 10.3. The van der Waals surface area contributed by atoms with E-state index in [2.05, 4.69) is 15.0 Å². The number of nitrogens with one attached hydrogen (secondary N) is 1. The molecule has 1 aromatic carbocycles. The van der Waals surface area contributed by atoms with Crippen molar-refractivity contribution in [3.8, 4) is 11.3 Å². The van der Waals surface area contributed by atoms with Gasteiger partial charge in [0.15, 0.2) is 5.58 Å². The lowest BCUT2D eigenvalue weighted by Gasteiger charge is -2.04. The maximum atomic E-state index is 11.1. The molecule has 3 aromatic rings. The van der Waals surface area contributed by atoms with Gasteiger partial charge in [0, 0.05) is 12.1 Å². The first-order valence-electron chi connectivity index (χ1n) is 5.83. The van der Waals surface area contributed by atoms with Crippen molar-refractivity contribution in [1.82, 2.24) is 15.0 Å². The molecule has 19 heavy (non-hydrogen) atoms. The van der Waals surface area contributed by atoms with Crippen LogP contribution >= 0.6 is 0 Å². The van der Waals surface area contributed by atoms with E-state index in [1.807, 2.05) is 25.1 Å². The van der Waals surface area contributed by atoms with Crippen LogP contribution in [0.3, 0.4) is 0 Å². The van der Waals surface area contributed by atoms with E-state index in [1.54, 1.807) is 6.07 Å². The highest BCUT2D eigenvalue weighted by Gasteiger charge is 2.07. The topological polar surface area (TPSA) is 97.8 Å². The molecular weight excluding hydrogens is 244 g/mol. The number of hydrogen-bond acceptors (Lipinski definition) is 5. The van der Waals surface area contributed by atoms with Gasteiger partial charge >= 0.3 is 5.76 Å². The molecule has 0 fully saturated rings. The van der Waals surface area contributed by atoms with Crippen LogP contribution in [0.2, 0.25) is 0 Å². The van der Waals surface area contributed by atoms with Gasteiger partial charge in [0.05, 0.1) is 16.9 Å². The fourth-order valence-corrected chi connectivity index (χ4v) is 1.99. The summed E-state index contributed by atoms with van der Waals surface area (Å²) in [6.45, 7) is 2.18. The van der Waals surface area contributed by atoms with Crippen LogP contribution < -0.4 is 11.5 Å². The van der Waals surface area contributed by atoms with Gasteiger partial charge in [0.1, 0.15) is 5.82 Å². The number of fused-ring (bicyclic) bond motifs is 1. The van der Waals surface area contributed by atoms with Gasteiger partial charge in [-0.25, -0.2) is 14.8 Å². The summed E-state index contributed by atoms with van der Waals surface area (Å²) in [4.78, 5) is 22.4. The Hall–Kier alpha value is -2.47. The SMILES string of the molecule is Cc1nc(CN)cc(-c2ccc3oc(=O)[nH]c3c2)n1.